The average Bonchev–Trinajstić information content (AvgIpc) is 2.25. The molecular weight excluding hydrogens is 232 g/mol. The molecule has 3 nitrogen and oxygen atoms in total. The maximum Gasteiger partial charge on any atom is 0.315 e. The molecule has 0 spiro atoms. The molecule has 0 aromatic rings. The van der Waals surface area contributed by atoms with E-state index < -0.39 is 0 Å². The van der Waals surface area contributed by atoms with E-state index in [1.807, 2.05) is 32.5 Å². The number of hydrogen-bond acceptors (Lipinski definition) is 2. The second kappa shape index (κ2) is 5.98. The molecule has 17 heavy (non-hydrogen) atoms. The first-order valence-electron chi connectivity index (χ1n) is 6.48. The highest BCUT2D eigenvalue weighted by Crippen LogP contribution is 2.37. The number of urea groups is 1. The van der Waals surface area contributed by atoms with E-state index in [1.54, 1.807) is 0 Å². The number of amides is 2. The van der Waals surface area contributed by atoms with Crippen molar-refractivity contribution in [1.29, 1.82) is 0 Å². The van der Waals surface area contributed by atoms with Crippen molar-refractivity contribution >= 4 is 17.8 Å². The Balaban J connectivity index is 2.39. The molecule has 0 aromatic heterocycles. The fraction of sp³-hybridized carbons (Fsp3) is 0.923. The lowest BCUT2D eigenvalue weighted by atomic mass is 9.88. The predicted molar refractivity (Wildman–Crippen MR) is 75.6 cm³/mol. The van der Waals surface area contributed by atoms with Gasteiger partial charge in [-0.1, -0.05) is 19.3 Å². The number of carbonyl (C=O) groups is 1. The van der Waals surface area contributed by atoms with Gasteiger partial charge < -0.3 is 10.6 Å². The fourth-order valence-electron chi connectivity index (χ4n) is 2.28. The summed E-state index contributed by atoms with van der Waals surface area (Å²) in [4.78, 5) is 11.7. The zero-order valence-electron chi connectivity index (χ0n) is 11.6. The number of thioether (sulfide) groups is 1. The summed E-state index contributed by atoms with van der Waals surface area (Å²) in [5.41, 5.74) is -0.164. The summed E-state index contributed by atoms with van der Waals surface area (Å²) in [6.07, 6.45) is 8.55. The van der Waals surface area contributed by atoms with E-state index >= 15 is 0 Å². The van der Waals surface area contributed by atoms with Gasteiger partial charge in [-0.05, 0) is 39.9 Å². The van der Waals surface area contributed by atoms with Gasteiger partial charge in [0.15, 0.2) is 0 Å². The molecular formula is C13H26N2OS. The van der Waals surface area contributed by atoms with Gasteiger partial charge in [0, 0.05) is 16.8 Å². The number of hydrogen-bond donors (Lipinski definition) is 2. The maximum atomic E-state index is 11.7. The lowest BCUT2D eigenvalue weighted by Crippen LogP contribution is -2.50. The van der Waals surface area contributed by atoms with Gasteiger partial charge in [0.05, 0.1) is 0 Å². The van der Waals surface area contributed by atoms with Gasteiger partial charge >= 0.3 is 6.03 Å². The quantitative estimate of drug-likeness (QED) is 0.816. The average molecular weight is 258 g/mol. The monoisotopic (exact) mass is 258 g/mol. The lowest BCUT2D eigenvalue weighted by molar-refractivity contribution is 0.229. The van der Waals surface area contributed by atoms with Gasteiger partial charge in [-0.3, -0.25) is 0 Å². The molecule has 0 radical (unpaired) electrons. The summed E-state index contributed by atoms with van der Waals surface area (Å²) >= 11 is 1.91. The predicted octanol–water partition coefficient (Wildman–Crippen LogP) is 3.15. The Bertz CT molecular complexity index is 255. The Morgan fingerprint density at radius 2 is 1.82 bits per heavy atom. The molecule has 0 saturated heterocycles. The van der Waals surface area contributed by atoms with Crippen LogP contribution in [0.2, 0.25) is 0 Å². The third-order valence-corrected chi connectivity index (χ3v) is 4.68. The van der Waals surface area contributed by atoms with Crippen LogP contribution in [0.3, 0.4) is 0 Å². The number of rotatable bonds is 3. The summed E-state index contributed by atoms with van der Waals surface area (Å²) in [5, 5.41) is 5.97. The van der Waals surface area contributed by atoms with Crippen molar-refractivity contribution in [1.82, 2.24) is 10.6 Å². The number of carbonyl (C=O) groups excluding carboxylic acids is 1. The standard InChI is InChI=1S/C13H26N2OS/c1-12(2,3)15-11(16)14-10-13(17-4)8-6-5-7-9-13/h5-10H2,1-4H3,(H2,14,15,16). The zero-order chi connectivity index (χ0) is 12.9. The first-order chi connectivity index (χ1) is 7.87. The van der Waals surface area contributed by atoms with Crippen molar-refractivity contribution in [3.63, 3.8) is 0 Å². The summed E-state index contributed by atoms with van der Waals surface area (Å²) in [7, 11) is 0. The second-order valence-electron chi connectivity index (χ2n) is 6.01. The molecule has 0 atom stereocenters. The van der Waals surface area contributed by atoms with E-state index in [9.17, 15) is 4.79 Å². The van der Waals surface area contributed by atoms with Crippen molar-refractivity contribution in [2.45, 2.75) is 63.2 Å². The second-order valence-corrected chi connectivity index (χ2v) is 7.28. The molecule has 1 aliphatic carbocycles. The summed E-state index contributed by atoms with van der Waals surface area (Å²) < 4.78 is 0.271. The van der Waals surface area contributed by atoms with Gasteiger partial charge in [-0.25, -0.2) is 4.79 Å². The highest BCUT2D eigenvalue weighted by molar-refractivity contribution is 8.00. The minimum atomic E-state index is -0.164. The van der Waals surface area contributed by atoms with Crippen molar-refractivity contribution in [2.75, 3.05) is 12.8 Å². The molecule has 1 fully saturated rings. The molecule has 1 rings (SSSR count). The van der Waals surface area contributed by atoms with E-state index in [-0.39, 0.29) is 16.3 Å². The minimum Gasteiger partial charge on any atom is -0.337 e. The fourth-order valence-corrected chi connectivity index (χ4v) is 3.19. The summed E-state index contributed by atoms with van der Waals surface area (Å²) in [6, 6.07) is -0.0449. The zero-order valence-corrected chi connectivity index (χ0v) is 12.4. The van der Waals surface area contributed by atoms with E-state index in [4.69, 9.17) is 0 Å². The number of nitrogens with one attached hydrogen (secondary N) is 2. The van der Waals surface area contributed by atoms with Crippen LogP contribution in [0, 0.1) is 0 Å². The molecule has 1 saturated carbocycles. The van der Waals surface area contributed by atoms with Crippen molar-refractivity contribution < 1.29 is 4.79 Å². The van der Waals surface area contributed by atoms with Crippen LogP contribution < -0.4 is 10.6 Å². The Labute approximate surface area is 109 Å². The SMILES string of the molecule is CSC1(CNC(=O)NC(C)(C)C)CCCCC1. The molecule has 0 unspecified atom stereocenters. The topological polar surface area (TPSA) is 41.1 Å². The van der Waals surface area contributed by atoms with Gasteiger partial charge in [-0.2, -0.15) is 11.8 Å². The van der Waals surface area contributed by atoms with E-state index in [2.05, 4.69) is 16.9 Å². The smallest absolute Gasteiger partial charge is 0.315 e. The lowest BCUT2D eigenvalue weighted by Gasteiger charge is -2.36. The molecule has 0 aliphatic heterocycles. The van der Waals surface area contributed by atoms with Gasteiger partial charge in [0.2, 0.25) is 0 Å². The largest absolute Gasteiger partial charge is 0.337 e. The van der Waals surface area contributed by atoms with Gasteiger partial charge in [0.1, 0.15) is 0 Å². The Hall–Kier alpha value is -0.380. The summed E-state index contributed by atoms with van der Waals surface area (Å²) in [5.74, 6) is 0. The highest BCUT2D eigenvalue weighted by Gasteiger charge is 2.31. The molecule has 0 heterocycles. The van der Waals surface area contributed by atoms with Crippen LogP contribution in [0.1, 0.15) is 52.9 Å². The van der Waals surface area contributed by atoms with Crippen LogP contribution in [0.25, 0.3) is 0 Å². The minimum absolute atomic E-state index is 0.0449. The molecule has 0 bridgehead atoms. The van der Waals surface area contributed by atoms with Crippen LogP contribution in [0.4, 0.5) is 4.79 Å². The normalized spacial score (nSPS) is 19.8. The molecule has 0 aromatic carbocycles. The van der Waals surface area contributed by atoms with Crippen LogP contribution in [0.15, 0.2) is 0 Å². The van der Waals surface area contributed by atoms with Crippen LogP contribution in [-0.4, -0.2) is 29.1 Å². The van der Waals surface area contributed by atoms with Crippen molar-refractivity contribution in [3.05, 3.63) is 0 Å². The van der Waals surface area contributed by atoms with Crippen molar-refractivity contribution in [2.24, 2.45) is 0 Å². The van der Waals surface area contributed by atoms with Gasteiger partial charge in [0.25, 0.3) is 0 Å². The maximum absolute atomic E-state index is 11.7. The van der Waals surface area contributed by atoms with E-state index in [0.29, 0.717) is 0 Å². The highest BCUT2D eigenvalue weighted by atomic mass is 32.2. The molecule has 2 amide bonds. The third kappa shape index (κ3) is 5.19. The molecule has 100 valence electrons. The van der Waals surface area contributed by atoms with Gasteiger partial charge in [-0.15, -0.1) is 0 Å². The third-order valence-electron chi connectivity index (χ3n) is 3.26. The van der Waals surface area contributed by atoms with Crippen LogP contribution in [-0.2, 0) is 0 Å². The summed E-state index contributed by atoms with van der Waals surface area (Å²) in [6.45, 7) is 6.78. The molecule has 4 heteroatoms. The Morgan fingerprint density at radius 1 is 1.24 bits per heavy atom. The first kappa shape index (κ1) is 14.7. The molecule has 1 aliphatic rings. The van der Waals surface area contributed by atoms with Crippen LogP contribution >= 0.6 is 11.8 Å². The first-order valence-corrected chi connectivity index (χ1v) is 7.71. The van der Waals surface area contributed by atoms with Crippen molar-refractivity contribution in [3.8, 4) is 0 Å². The molecule has 2 N–H and O–H groups in total. The van der Waals surface area contributed by atoms with E-state index in [1.165, 1.54) is 32.1 Å². The van der Waals surface area contributed by atoms with E-state index in [0.717, 1.165) is 6.54 Å². The Morgan fingerprint density at radius 3 is 2.29 bits per heavy atom. The van der Waals surface area contributed by atoms with Crippen LogP contribution in [0.5, 0.6) is 0 Å². The Kier molecular flexibility index (Phi) is 5.17.